The van der Waals surface area contributed by atoms with Crippen LogP contribution >= 0.6 is 0 Å². The number of morpholine rings is 1. The molecule has 5 heteroatoms. The first kappa shape index (κ1) is 14.5. The van der Waals surface area contributed by atoms with Gasteiger partial charge in [0.1, 0.15) is 0 Å². The molecule has 1 saturated heterocycles. The molecule has 1 heterocycles. The summed E-state index contributed by atoms with van der Waals surface area (Å²) in [6.45, 7) is 3.84. The standard InChI is InChI=1S/C15H19NO4/c1-2-3-13-10-16(8-9-20-13)14(17)11-4-6-12(7-5-11)15(18)19/h4-7,13H,2-3,8-10H2,1H3,(H,18,19). The molecule has 0 aliphatic carbocycles. The Balaban J connectivity index is 2.04. The molecule has 2 rings (SSSR count). The summed E-state index contributed by atoms with van der Waals surface area (Å²) >= 11 is 0. The minimum atomic E-state index is -0.988. The van der Waals surface area contributed by atoms with Crippen molar-refractivity contribution in [2.75, 3.05) is 19.7 Å². The molecule has 108 valence electrons. The molecule has 1 atom stereocenters. The molecule has 0 aromatic heterocycles. The van der Waals surface area contributed by atoms with Gasteiger partial charge in [0.15, 0.2) is 0 Å². The predicted molar refractivity (Wildman–Crippen MR) is 74.0 cm³/mol. The van der Waals surface area contributed by atoms with Gasteiger partial charge >= 0.3 is 5.97 Å². The summed E-state index contributed by atoms with van der Waals surface area (Å²) < 4.78 is 5.61. The van der Waals surface area contributed by atoms with E-state index in [1.54, 1.807) is 17.0 Å². The van der Waals surface area contributed by atoms with Gasteiger partial charge in [0, 0.05) is 18.7 Å². The second-order valence-electron chi connectivity index (χ2n) is 4.92. The van der Waals surface area contributed by atoms with Gasteiger partial charge in [-0.3, -0.25) is 4.79 Å². The molecule has 1 aromatic rings. The lowest BCUT2D eigenvalue weighted by molar-refractivity contribution is -0.0250. The van der Waals surface area contributed by atoms with Crippen molar-refractivity contribution in [2.45, 2.75) is 25.9 Å². The number of aromatic carboxylic acids is 1. The van der Waals surface area contributed by atoms with E-state index in [1.165, 1.54) is 12.1 Å². The number of benzene rings is 1. The highest BCUT2D eigenvalue weighted by molar-refractivity contribution is 5.96. The Morgan fingerprint density at radius 1 is 1.30 bits per heavy atom. The molecule has 5 nitrogen and oxygen atoms in total. The summed E-state index contributed by atoms with van der Waals surface area (Å²) in [5.41, 5.74) is 0.708. The zero-order valence-corrected chi connectivity index (χ0v) is 11.5. The van der Waals surface area contributed by atoms with Crippen molar-refractivity contribution in [3.8, 4) is 0 Å². The smallest absolute Gasteiger partial charge is 0.335 e. The number of carboxylic acid groups (broad SMARTS) is 1. The Bertz CT molecular complexity index is 481. The van der Waals surface area contributed by atoms with Gasteiger partial charge < -0.3 is 14.7 Å². The van der Waals surface area contributed by atoms with E-state index in [2.05, 4.69) is 6.92 Å². The van der Waals surface area contributed by atoms with Crippen LogP contribution in [-0.2, 0) is 4.74 Å². The number of amides is 1. The molecular formula is C15H19NO4. The molecule has 1 aliphatic heterocycles. The Labute approximate surface area is 118 Å². The molecule has 0 radical (unpaired) electrons. The van der Waals surface area contributed by atoms with Crippen molar-refractivity contribution in [2.24, 2.45) is 0 Å². The largest absolute Gasteiger partial charge is 0.478 e. The van der Waals surface area contributed by atoms with Crippen LogP contribution in [-0.4, -0.2) is 47.7 Å². The van der Waals surface area contributed by atoms with E-state index in [-0.39, 0.29) is 17.6 Å². The fraction of sp³-hybridized carbons (Fsp3) is 0.467. The minimum Gasteiger partial charge on any atom is -0.478 e. The summed E-state index contributed by atoms with van der Waals surface area (Å²) in [5.74, 6) is -1.05. The van der Waals surface area contributed by atoms with E-state index < -0.39 is 5.97 Å². The van der Waals surface area contributed by atoms with Crippen LogP contribution in [0.5, 0.6) is 0 Å². The quantitative estimate of drug-likeness (QED) is 0.914. The minimum absolute atomic E-state index is 0.0636. The highest BCUT2D eigenvalue weighted by Crippen LogP contribution is 2.14. The van der Waals surface area contributed by atoms with Crippen LogP contribution in [0.4, 0.5) is 0 Å². The highest BCUT2D eigenvalue weighted by Gasteiger charge is 2.24. The van der Waals surface area contributed by atoms with Gasteiger partial charge in [-0.15, -0.1) is 0 Å². The van der Waals surface area contributed by atoms with Crippen LogP contribution < -0.4 is 0 Å². The van der Waals surface area contributed by atoms with Gasteiger partial charge in [0.05, 0.1) is 18.3 Å². The second kappa shape index (κ2) is 6.52. The van der Waals surface area contributed by atoms with Gasteiger partial charge in [-0.1, -0.05) is 13.3 Å². The first-order chi connectivity index (χ1) is 9.61. The summed E-state index contributed by atoms with van der Waals surface area (Å²) in [5, 5.41) is 8.84. The van der Waals surface area contributed by atoms with Gasteiger partial charge in [0.25, 0.3) is 5.91 Å². The number of carbonyl (C=O) groups is 2. The monoisotopic (exact) mass is 277 g/mol. The Morgan fingerprint density at radius 3 is 2.55 bits per heavy atom. The maximum absolute atomic E-state index is 12.4. The van der Waals surface area contributed by atoms with E-state index in [1.807, 2.05) is 0 Å². The molecule has 1 fully saturated rings. The van der Waals surface area contributed by atoms with E-state index in [0.29, 0.717) is 25.3 Å². The summed E-state index contributed by atoms with van der Waals surface area (Å²) in [7, 11) is 0. The van der Waals surface area contributed by atoms with Crippen LogP contribution in [0.15, 0.2) is 24.3 Å². The topological polar surface area (TPSA) is 66.8 Å². The number of hydrogen-bond donors (Lipinski definition) is 1. The molecular weight excluding hydrogens is 258 g/mol. The lowest BCUT2D eigenvalue weighted by atomic mass is 10.1. The molecule has 0 saturated carbocycles. The predicted octanol–water partition coefficient (Wildman–Crippen LogP) is 2.03. The van der Waals surface area contributed by atoms with Crippen LogP contribution in [0.25, 0.3) is 0 Å². The lowest BCUT2D eigenvalue weighted by Gasteiger charge is -2.33. The van der Waals surface area contributed by atoms with Gasteiger partial charge in [0.2, 0.25) is 0 Å². The van der Waals surface area contributed by atoms with Crippen molar-refractivity contribution < 1.29 is 19.4 Å². The van der Waals surface area contributed by atoms with E-state index in [0.717, 1.165) is 12.8 Å². The van der Waals surface area contributed by atoms with E-state index in [9.17, 15) is 9.59 Å². The lowest BCUT2D eigenvalue weighted by Crippen LogP contribution is -2.45. The first-order valence-electron chi connectivity index (χ1n) is 6.86. The Morgan fingerprint density at radius 2 is 1.95 bits per heavy atom. The number of carbonyl (C=O) groups excluding carboxylic acids is 1. The normalized spacial score (nSPS) is 18.9. The van der Waals surface area contributed by atoms with Crippen molar-refractivity contribution in [1.29, 1.82) is 0 Å². The SMILES string of the molecule is CCCC1CN(C(=O)c2ccc(C(=O)O)cc2)CCO1. The third kappa shape index (κ3) is 3.36. The molecule has 20 heavy (non-hydrogen) atoms. The van der Waals surface area contributed by atoms with Gasteiger partial charge in [-0.25, -0.2) is 4.79 Å². The average molecular weight is 277 g/mol. The number of rotatable bonds is 4. The third-order valence-corrected chi connectivity index (χ3v) is 3.42. The van der Waals surface area contributed by atoms with E-state index >= 15 is 0 Å². The molecule has 1 aromatic carbocycles. The fourth-order valence-electron chi connectivity index (χ4n) is 2.34. The van der Waals surface area contributed by atoms with Gasteiger partial charge in [-0.2, -0.15) is 0 Å². The van der Waals surface area contributed by atoms with Crippen molar-refractivity contribution >= 4 is 11.9 Å². The molecule has 1 N–H and O–H groups in total. The number of nitrogens with zero attached hydrogens (tertiary/aromatic N) is 1. The first-order valence-corrected chi connectivity index (χ1v) is 6.86. The number of hydrogen-bond acceptors (Lipinski definition) is 3. The van der Waals surface area contributed by atoms with Crippen LogP contribution in [0.1, 0.15) is 40.5 Å². The molecule has 1 amide bonds. The van der Waals surface area contributed by atoms with Crippen molar-refractivity contribution in [3.05, 3.63) is 35.4 Å². The zero-order chi connectivity index (χ0) is 14.5. The maximum Gasteiger partial charge on any atom is 0.335 e. The summed E-state index contributed by atoms with van der Waals surface area (Å²) in [4.78, 5) is 24.9. The van der Waals surface area contributed by atoms with E-state index in [4.69, 9.17) is 9.84 Å². The Hall–Kier alpha value is -1.88. The Kier molecular flexibility index (Phi) is 4.74. The molecule has 1 unspecified atom stereocenters. The van der Waals surface area contributed by atoms with Crippen LogP contribution in [0, 0.1) is 0 Å². The summed E-state index contributed by atoms with van der Waals surface area (Å²) in [6, 6.07) is 6.05. The van der Waals surface area contributed by atoms with Crippen molar-refractivity contribution in [1.82, 2.24) is 4.90 Å². The highest BCUT2D eigenvalue weighted by atomic mass is 16.5. The maximum atomic E-state index is 12.4. The number of carboxylic acids is 1. The zero-order valence-electron chi connectivity index (χ0n) is 11.5. The summed E-state index contributed by atoms with van der Waals surface area (Å²) in [6.07, 6.45) is 2.08. The molecule has 0 bridgehead atoms. The average Bonchev–Trinajstić information content (AvgIpc) is 2.47. The van der Waals surface area contributed by atoms with Gasteiger partial charge in [-0.05, 0) is 30.7 Å². The third-order valence-electron chi connectivity index (χ3n) is 3.42. The van der Waals surface area contributed by atoms with Crippen molar-refractivity contribution in [3.63, 3.8) is 0 Å². The second-order valence-corrected chi connectivity index (χ2v) is 4.92. The number of ether oxygens (including phenoxy) is 1. The molecule has 1 aliphatic rings. The van der Waals surface area contributed by atoms with Crippen LogP contribution in [0.2, 0.25) is 0 Å². The fourth-order valence-corrected chi connectivity index (χ4v) is 2.34. The molecule has 0 spiro atoms. The van der Waals surface area contributed by atoms with Crippen LogP contribution in [0.3, 0.4) is 0 Å².